The van der Waals surface area contributed by atoms with Gasteiger partial charge in [0, 0.05) is 11.8 Å². The van der Waals surface area contributed by atoms with Crippen LogP contribution in [-0.4, -0.2) is 10.7 Å². The number of rotatable bonds is 2. The number of hydrogen-bond donors (Lipinski definition) is 1. The Kier molecular flexibility index (Phi) is 2.08. The lowest BCUT2D eigenvalue weighted by Crippen LogP contribution is -2.21. The molecule has 0 aliphatic rings. The molecule has 0 unspecified atom stereocenters. The zero-order chi connectivity index (χ0) is 10.2. The third-order valence-electron chi connectivity index (χ3n) is 2.08. The topological polar surface area (TPSA) is 33.4 Å². The van der Waals surface area contributed by atoms with Gasteiger partial charge in [0.25, 0.3) is 0 Å². The number of para-hydroxylation sites is 1. The SMILES string of the molecule is CC(C)(O)Cc1cc2ccccc2o1. The van der Waals surface area contributed by atoms with Crippen molar-refractivity contribution in [1.29, 1.82) is 0 Å². The minimum Gasteiger partial charge on any atom is -0.461 e. The first kappa shape index (κ1) is 9.28. The molecule has 74 valence electrons. The van der Waals surface area contributed by atoms with Gasteiger partial charge >= 0.3 is 0 Å². The van der Waals surface area contributed by atoms with E-state index in [0.29, 0.717) is 6.42 Å². The van der Waals surface area contributed by atoms with Gasteiger partial charge in [-0.3, -0.25) is 0 Å². The summed E-state index contributed by atoms with van der Waals surface area (Å²) < 4.78 is 5.58. The van der Waals surface area contributed by atoms with Crippen LogP contribution >= 0.6 is 0 Å². The average molecular weight is 190 g/mol. The standard InChI is InChI=1S/C12H14O2/c1-12(2,13)8-10-7-9-5-3-4-6-11(9)14-10/h3-7,13H,8H2,1-2H3. The summed E-state index contributed by atoms with van der Waals surface area (Å²) in [5.41, 5.74) is 0.167. The largest absolute Gasteiger partial charge is 0.461 e. The number of hydrogen-bond acceptors (Lipinski definition) is 2. The van der Waals surface area contributed by atoms with Gasteiger partial charge in [0.1, 0.15) is 11.3 Å². The van der Waals surface area contributed by atoms with Crippen LogP contribution in [-0.2, 0) is 6.42 Å². The van der Waals surface area contributed by atoms with Gasteiger partial charge in [0.15, 0.2) is 0 Å². The van der Waals surface area contributed by atoms with Crippen molar-refractivity contribution in [2.45, 2.75) is 25.9 Å². The Morgan fingerprint density at radius 1 is 1.29 bits per heavy atom. The van der Waals surface area contributed by atoms with E-state index in [1.807, 2.05) is 30.3 Å². The molecule has 0 bridgehead atoms. The Bertz CT molecular complexity index is 402. The summed E-state index contributed by atoms with van der Waals surface area (Å²) >= 11 is 0. The summed E-state index contributed by atoms with van der Waals surface area (Å²) in [5, 5.41) is 10.7. The molecular formula is C12H14O2. The van der Waals surface area contributed by atoms with Crippen molar-refractivity contribution in [3.63, 3.8) is 0 Å². The van der Waals surface area contributed by atoms with Crippen LogP contribution < -0.4 is 0 Å². The van der Waals surface area contributed by atoms with Crippen LogP contribution in [0.5, 0.6) is 0 Å². The lowest BCUT2D eigenvalue weighted by atomic mass is 10.0. The second-order valence-corrected chi connectivity index (χ2v) is 4.24. The van der Waals surface area contributed by atoms with E-state index in [9.17, 15) is 5.11 Å². The molecule has 0 aliphatic heterocycles. The van der Waals surface area contributed by atoms with Crippen molar-refractivity contribution in [1.82, 2.24) is 0 Å². The molecule has 0 aliphatic carbocycles. The van der Waals surface area contributed by atoms with E-state index in [4.69, 9.17) is 4.42 Å². The molecule has 2 nitrogen and oxygen atoms in total. The summed E-state index contributed by atoms with van der Waals surface area (Å²) in [5.74, 6) is 0.832. The maximum Gasteiger partial charge on any atom is 0.134 e. The van der Waals surface area contributed by atoms with Crippen molar-refractivity contribution in [3.8, 4) is 0 Å². The molecule has 0 saturated carbocycles. The van der Waals surface area contributed by atoms with Crippen LogP contribution in [0, 0.1) is 0 Å². The predicted molar refractivity (Wildman–Crippen MR) is 56.2 cm³/mol. The van der Waals surface area contributed by atoms with Crippen LogP contribution in [0.25, 0.3) is 11.0 Å². The van der Waals surface area contributed by atoms with Crippen LogP contribution in [0.2, 0.25) is 0 Å². The first-order valence-corrected chi connectivity index (χ1v) is 4.74. The fraction of sp³-hybridized carbons (Fsp3) is 0.333. The first-order chi connectivity index (χ1) is 6.54. The van der Waals surface area contributed by atoms with Gasteiger partial charge in [0.05, 0.1) is 5.60 Å². The van der Waals surface area contributed by atoms with Crippen molar-refractivity contribution < 1.29 is 9.52 Å². The smallest absolute Gasteiger partial charge is 0.134 e. The molecule has 1 N–H and O–H groups in total. The highest BCUT2D eigenvalue weighted by Crippen LogP contribution is 2.21. The van der Waals surface area contributed by atoms with E-state index < -0.39 is 5.60 Å². The summed E-state index contributed by atoms with van der Waals surface area (Å²) in [6, 6.07) is 9.84. The Labute approximate surface area is 83.2 Å². The van der Waals surface area contributed by atoms with Crippen LogP contribution in [0.3, 0.4) is 0 Å². The lowest BCUT2D eigenvalue weighted by molar-refractivity contribution is 0.0757. The second-order valence-electron chi connectivity index (χ2n) is 4.24. The predicted octanol–water partition coefficient (Wildman–Crippen LogP) is 2.75. The molecule has 0 amide bonds. The molecule has 0 radical (unpaired) electrons. The molecule has 2 heteroatoms. The summed E-state index contributed by atoms with van der Waals surface area (Å²) in [4.78, 5) is 0. The molecule has 2 aromatic rings. The van der Waals surface area contributed by atoms with Crippen molar-refractivity contribution in [2.24, 2.45) is 0 Å². The second kappa shape index (κ2) is 3.14. The minimum atomic E-state index is -0.714. The van der Waals surface area contributed by atoms with E-state index in [1.54, 1.807) is 13.8 Å². The van der Waals surface area contributed by atoms with Gasteiger partial charge in [-0.05, 0) is 26.0 Å². The quantitative estimate of drug-likeness (QED) is 0.789. The van der Waals surface area contributed by atoms with Gasteiger partial charge in [-0.15, -0.1) is 0 Å². The Morgan fingerprint density at radius 3 is 2.64 bits per heavy atom. The number of fused-ring (bicyclic) bond motifs is 1. The Hall–Kier alpha value is -1.28. The highest BCUT2D eigenvalue weighted by molar-refractivity contribution is 5.77. The number of aliphatic hydroxyl groups is 1. The zero-order valence-corrected chi connectivity index (χ0v) is 8.45. The molecule has 0 spiro atoms. The minimum absolute atomic E-state index is 0.543. The molecule has 0 fully saturated rings. The number of furan rings is 1. The van der Waals surface area contributed by atoms with Gasteiger partial charge in [0.2, 0.25) is 0 Å². The molecular weight excluding hydrogens is 176 g/mol. The maximum atomic E-state index is 9.64. The maximum absolute atomic E-state index is 9.64. The highest BCUT2D eigenvalue weighted by Gasteiger charge is 2.16. The Balaban J connectivity index is 2.36. The van der Waals surface area contributed by atoms with Crippen molar-refractivity contribution in [3.05, 3.63) is 36.1 Å². The normalized spacial score (nSPS) is 12.2. The van der Waals surface area contributed by atoms with E-state index in [2.05, 4.69) is 0 Å². The van der Waals surface area contributed by atoms with Crippen LogP contribution in [0.15, 0.2) is 34.7 Å². The van der Waals surface area contributed by atoms with E-state index >= 15 is 0 Å². The Morgan fingerprint density at radius 2 is 2.00 bits per heavy atom. The third-order valence-corrected chi connectivity index (χ3v) is 2.08. The van der Waals surface area contributed by atoms with Gasteiger partial charge in [-0.2, -0.15) is 0 Å². The molecule has 2 rings (SSSR count). The molecule has 14 heavy (non-hydrogen) atoms. The molecule has 0 saturated heterocycles. The summed E-state index contributed by atoms with van der Waals surface area (Å²) in [6.07, 6.45) is 0.543. The third kappa shape index (κ3) is 1.96. The van der Waals surface area contributed by atoms with E-state index in [1.165, 1.54) is 0 Å². The average Bonchev–Trinajstić information content (AvgIpc) is 2.42. The number of benzene rings is 1. The highest BCUT2D eigenvalue weighted by atomic mass is 16.3. The van der Waals surface area contributed by atoms with Crippen LogP contribution in [0.1, 0.15) is 19.6 Å². The van der Waals surface area contributed by atoms with Crippen molar-refractivity contribution >= 4 is 11.0 Å². The van der Waals surface area contributed by atoms with Crippen molar-refractivity contribution in [2.75, 3.05) is 0 Å². The monoisotopic (exact) mass is 190 g/mol. The molecule has 1 aromatic carbocycles. The molecule has 0 atom stereocenters. The summed E-state index contributed by atoms with van der Waals surface area (Å²) in [6.45, 7) is 3.56. The van der Waals surface area contributed by atoms with Gasteiger partial charge in [-0.1, -0.05) is 18.2 Å². The molecule has 1 heterocycles. The molecule has 1 aromatic heterocycles. The fourth-order valence-electron chi connectivity index (χ4n) is 1.55. The van der Waals surface area contributed by atoms with Crippen LogP contribution in [0.4, 0.5) is 0 Å². The zero-order valence-electron chi connectivity index (χ0n) is 8.45. The summed E-state index contributed by atoms with van der Waals surface area (Å²) in [7, 11) is 0. The van der Waals surface area contributed by atoms with Gasteiger partial charge in [-0.25, -0.2) is 0 Å². The van der Waals surface area contributed by atoms with Gasteiger partial charge < -0.3 is 9.52 Å². The lowest BCUT2D eigenvalue weighted by Gasteiger charge is -2.14. The fourth-order valence-corrected chi connectivity index (χ4v) is 1.55. The van der Waals surface area contributed by atoms with E-state index in [-0.39, 0.29) is 0 Å². The first-order valence-electron chi connectivity index (χ1n) is 4.74. The van der Waals surface area contributed by atoms with E-state index in [0.717, 1.165) is 16.7 Å².